The van der Waals surface area contributed by atoms with Crippen molar-refractivity contribution < 1.29 is 9.21 Å². The highest BCUT2D eigenvalue weighted by molar-refractivity contribution is 14.1. The van der Waals surface area contributed by atoms with Crippen LogP contribution >= 0.6 is 56.8 Å². The van der Waals surface area contributed by atoms with Crippen molar-refractivity contribution >= 4 is 79.5 Å². The highest BCUT2D eigenvalue weighted by Gasteiger charge is 2.13. The zero-order valence-corrected chi connectivity index (χ0v) is 18.7. The number of fused-ring (bicyclic) bond motifs is 1. The summed E-state index contributed by atoms with van der Waals surface area (Å²) in [4.78, 5) is 17.1. The van der Waals surface area contributed by atoms with Gasteiger partial charge in [-0.3, -0.25) is 4.79 Å². The molecule has 0 unspecified atom stereocenters. The number of benzene rings is 3. The summed E-state index contributed by atoms with van der Waals surface area (Å²) in [6.45, 7) is 0. The van der Waals surface area contributed by atoms with Crippen LogP contribution < -0.4 is 5.32 Å². The summed E-state index contributed by atoms with van der Waals surface area (Å²) in [6.07, 6.45) is 0. The number of hydrogen-bond donors (Lipinski definition) is 1. The number of halogens is 3. The van der Waals surface area contributed by atoms with Gasteiger partial charge in [-0.05, 0) is 99.8 Å². The number of rotatable bonds is 3. The fourth-order valence-corrected chi connectivity index (χ4v) is 3.88. The number of nitrogens with one attached hydrogen (secondary N) is 1. The van der Waals surface area contributed by atoms with Gasteiger partial charge in [-0.15, -0.1) is 0 Å². The number of nitrogens with zero attached hydrogens (tertiary/aromatic N) is 1. The van der Waals surface area contributed by atoms with E-state index < -0.39 is 0 Å². The van der Waals surface area contributed by atoms with Crippen LogP contribution in [0.15, 0.2) is 65.1 Å². The molecule has 134 valence electrons. The maximum absolute atomic E-state index is 12.6. The zero-order valence-electron chi connectivity index (χ0n) is 13.7. The fourth-order valence-electron chi connectivity index (χ4n) is 2.62. The first-order valence-electron chi connectivity index (χ1n) is 7.92. The van der Waals surface area contributed by atoms with Crippen LogP contribution in [0.2, 0.25) is 5.02 Å². The van der Waals surface area contributed by atoms with E-state index in [1.807, 2.05) is 30.3 Å². The van der Waals surface area contributed by atoms with Gasteiger partial charge in [0.2, 0.25) is 5.89 Å². The van der Waals surface area contributed by atoms with E-state index in [2.05, 4.69) is 55.5 Å². The summed E-state index contributed by atoms with van der Waals surface area (Å²) in [7, 11) is 0. The van der Waals surface area contributed by atoms with Crippen molar-refractivity contribution in [3.8, 4) is 11.5 Å². The molecule has 1 aromatic heterocycles. The van der Waals surface area contributed by atoms with Gasteiger partial charge in [-0.2, -0.15) is 0 Å². The number of hydrogen-bond acceptors (Lipinski definition) is 3. The molecule has 0 fully saturated rings. The van der Waals surface area contributed by atoms with Crippen LogP contribution in [0.3, 0.4) is 0 Å². The van der Waals surface area contributed by atoms with E-state index in [0.29, 0.717) is 33.3 Å². The van der Waals surface area contributed by atoms with Crippen LogP contribution in [0, 0.1) is 7.14 Å². The van der Waals surface area contributed by atoms with Gasteiger partial charge in [0, 0.05) is 23.4 Å². The number of carbonyl (C=O) groups excluding carboxylic acids is 1. The molecule has 1 N–H and O–H groups in total. The van der Waals surface area contributed by atoms with E-state index in [0.717, 1.165) is 12.7 Å². The second kappa shape index (κ2) is 7.76. The second-order valence-corrected chi connectivity index (χ2v) is 8.63. The largest absolute Gasteiger partial charge is 0.436 e. The van der Waals surface area contributed by atoms with Gasteiger partial charge < -0.3 is 9.73 Å². The molecule has 0 saturated carbocycles. The summed E-state index contributed by atoms with van der Waals surface area (Å²) >= 11 is 10.4. The molecule has 0 saturated heterocycles. The number of oxazole rings is 1. The summed E-state index contributed by atoms with van der Waals surface area (Å²) in [5.74, 6) is 0.332. The third-order valence-electron chi connectivity index (χ3n) is 3.89. The fraction of sp³-hybridized carbons (Fsp3) is 0. The predicted octanol–water partition coefficient (Wildman–Crippen LogP) is 6.61. The van der Waals surface area contributed by atoms with E-state index >= 15 is 0 Å². The average molecular weight is 601 g/mol. The van der Waals surface area contributed by atoms with Gasteiger partial charge in [0.05, 0.1) is 5.56 Å². The quantitative estimate of drug-likeness (QED) is 0.270. The van der Waals surface area contributed by atoms with Crippen LogP contribution in [0.5, 0.6) is 0 Å². The first-order valence-corrected chi connectivity index (χ1v) is 10.5. The standard InChI is InChI=1S/C20H11ClI2N2O2/c21-12-3-1-2-11(8-12)20-25-17-10-14(5-7-18(17)27-20)24-19(26)15-9-13(22)4-6-16(15)23/h1-10H,(H,24,26). The minimum absolute atomic E-state index is 0.157. The van der Waals surface area contributed by atoms with Gasteiger partial charge in [0.25, 0.3) is 5.91 Å². The van der Waals surface area contributed by atoms with Crippen molar-refractivity contribution in [2.75, 3.05) is 5.32 Å². The molecule has 0 aliphatic carbocycles. The number of carbonyl (C=O) groups is 1. The van der Waals surface area contributed by atoms with Crippen LogP contribution in [0.1, 0.15) is 10.4 Å². The lowest BCUT2D eigenvalue weighted by atomic mass is 10.2. The molecule has 7 heteroatoms. The topological polar surface area (TPSA) is 55.1 Å². The summed E-state index contributed by atoms with van der Waals surface area (Å²) < 4.78 is 7.71. The zero-order chi connectivity index (χ0) is 19.0. The summed E-state index contributed by atoms with van der Waals surface area (Å²) in [6, 6.07) is 18.5. The normalized spacial score (nSPS) is 10.9. The van der Waals surface area contributed by atoms with Crippen LogP contribution in [0.25, 0.3) is 22.6 Å². The monoisotopic (exact) mass is 600 g/mol. The molecule has 0 spiro atoms. The van der Waals surface area contributed by atoms with Gasteiger partial charge in [-0.25, -0.2) is 4.98 Å². The van der Waals surface area contributed by atoms with Crippen LogP contribution in [-0.4, -0.2) is 10.9 Å². The van der Waals surface area contributed by atoms with Crippen molar-refractivity contribution in [3.63, 3.8) is 0 Å². The van der Waals surface area contributed by atoms with Crippen molar-refractivity contribution in [3.05, 3.63) is 78.4 Å². The minimum atomic E-state index is -0.157. The SMILES string of the molecule is O=C(Nc1ccc2oc(-c3cccc(Cl)c3)nc2c1)c1cc(I)ccc1I. The summed E-state index contributed by atoms with van der Waals surface area (Å²) in [5.41, 5.74) is 3.42. The molecular weight excluding hydrogens is 589 g/mol. The third-order valence-corrected chi connectivity index (χ3v) is 5.74. The molecule has 0 aliphatic rings. The Morgan fingerprint density at radius 2 is 1.89 bits per heavy atom. The maximum atomic E-state index is 12.6. The lowest BCUT2D eigenvalue weighted by Gasteiger charge is -2.07. The Kier molecular flexibility index (Phi) is 5.38. The van der Waals surface area contributed by atoms with Gasteiger partial charge >= 0.3 is 0 Å². The Morgan fingerprint density at radius 1 is 1.04 bits per heavy atom. The average Bonchev–Trinajstić information content (AvgIpc) is 3.07. The van der Waals surface area contributed by atoms with Crippen molar-refractivity contribution in [1.29, 1.82) is 0 Å². The van der Waals surface area contributed by atoms with E-state index in [1.54, 1.807) is 30.3 Å². The second-order valence-electron chi connectivity index (χ2n) is 5.79. The molecule has 0 atom stereocenters. The van der Waals surface area contributed by atoms with E-state index in [9.17, 15) is 4.79 Å². The Balaban J connectivity index is 1.64. The van der Waals surface area contributed by atoms with E-state index in [-0.39, 0.29) is 5.91 Å². The molecule has 0 aliphatic heterocycles. The van der Waals surface area contributed by atoms with Gasteiger partial charge in [0.1, 0.15) is 5.52 Å². The molecule has 3 aromatic carbocycles. The van der Waals surface area contributed by atoms with Crippen molar-refractivity contribution in [2.24, 2.45) is 0 Å². The molecule has 4 rings (SSSR count). The molecule has 4 nitrogen and oxygen atoms in total. The molecule has 0 radical (unpaired) electrons. The third kappa shape index (κ3) is 4.12. The number of aromatic nitrogens is 1. The lowest BCUT2D eigenvalue weighted by Crippen LogP contribution is -2.13. The van der Waals surface area contributed by atoms with Gasteiger partial charge in [0.15, 0.2) is 5.58 Å². The molecule has 1 amide bonds. The van der Waals surface area contributed by atoms with E-state index in [1.165, 1.54) is 0 Å². The summed E-state index contributed by atoms with van der Waals surface area (Å²) in [5, 5.41) is 3.55. The Hall–Kier alpha value is -1.65. The Labute approximate surface area is 187 Å². The highest BCUT2D eigenvalue weighted by atomic mass is 127. The Morgan fingerprint density at radius 3 is 2.70 bits per heavy atom. The maximum Gasteiger partial charge on any atom is 0.256 e. The molecule has 27 heavy (non-hydrogen) atoms. The molecular formula is C20H11ClI2N2O2. The lowest BCUT2D eigenvalue weighted by molar-refractivity contribution is 0.102. The smallest absolute Gasteiger partial charge is 0.256 e. The van der Waals surface area contributed by atoms with Gasteiger partial charge in [-0.1, -0.05) is 17.7 Å². The van der Waals surface area contributed by atoms with E-state index in [4.69, 9.17) is 16.0 Å². The predicted molar refractivity (Wildman–Crippen MR) is 124 cm³/mol. The van der Waals surface area contributed by atoms with Crippen molar-refractivity contribution in [2.45, 2.75) is 0 Å². The first kappa shape index (κ1) is 18.7. The minimum Gasteiger partial charge on any atom is -0.436 e. The van der Waals surface area contributed by atoms with Crippen LogP contribution in [-0.2, 0) is 0 Å². The molecule has 0 bridgehead atoms. The molecule has 1 heterocycles. The number of amides is 1. The Bertz CT molecular complexity index is 1170. The van der Waals surface area contributed by atoms with Crippen LogP contribution in [0.4, 0.5) is 5.69 Å². The highest BCUT2D eigenvalue weighted by Crippen LogP contribution is 2.28. The molecule has 4 aromatic rings. The van der Waals surface area contributed by atoms with Crippen molar-refractivity contribution in [1.82, 2.24) is 4.98 Å². The first-order chi connectivity index (χ1) is 13.0. The number of anilines is 1.